The quantitative estimate of drug-likeness (QED) is 0.870. The number of carboxylic acid groups (broad SMARTS) is 1. The second-order valence-electron chi connectivity index (χ2n) is 7.08. The summed E-state index contributed by atoms with van der Waals surface area (Å²) < 4.78 is 0. The molecule has 0 radical (unpaired) electrons. The van der Waals surface area contributed by atoms with E-state index in [0.717, 1.165) is 19.3 Å². The summed E-state index contributed by atoms with van der Waals surface area (Å²) in [6.07, 6.45) is 7.33. The van der Waals surface area contributed by atoms with E-state index in [1.807, 2.05) is 7.05 Å². The van der Waals surface area contributed by atoms with Crippen molar-refractivity contribution >= 4 is 12.0 Å². The standard InChI is InChI=1S/C16H26N2O3/c1-10(11-7-8-11)17(2)16(21)18-13-6-4-3-5-12(13)9-14(18)15(19)20/h10-14H,3-9H2,1-2H3,(H,19,20). The van der Waals surface area contributed by atoms with Crippen molar-refractivity contribution in [1.29, 1.82) is 0 Å². The fraction of sp³-hybridized carbons (Fsp3) is 0.875. The minimum atomic E-state index is -0.842. The number of aliphatic carboxylic acids is 1. The molecule has 0 bridgehead atoms. The molecular weight excluding hydrogens is 268 g/mol. The van der Waals surface area contributed by atoms with Gasteiger partial charge in [0.25, 0.3) is 0 Å². The predicted molar refractivity (Wildman–Crippen MR) is 79.0 cm³/mol. The highest BCUT2D eigenvalue weighted by Crippen LogP contribution is 2.41. The van der Waals surface area contributed by atoms with Crippen LogP contribution in [0.2, 0.25) is 0 Å². The van der Waals surface area contributed by atoms with E-state index in [2.05, 4.69) is 6.92 Å². The molecule has 5 nitrogen and oxygen atoms in total. The Morgan fingerprint density at radius 1 is 1.19 bits per heavy atom. The van der Waals surface area contributed by atoms with Gasteiger partial charge >= 0.3 is 12.0 Å². The molecule has 1 aliphatic heterocycles. The number of hydrogen-bond donors (Lipinski definition) is 1. The number of carbonyl (C=O) groups is 2. The zero-order chi connectivity index (χ0) is 15.1. The van der Waals surface area contributed by atoms with E-state index >= 15 is 0 Å². The van der Waals surface area contributed by atoms with E-state index in [1.54, 1.807) is 9.80 Å². The normalized spacial score (nSPS) is 33.4. The molecule has 0 aromatic heterocycles. The molecule has 21 heavy (non-hydrogen) atoms. The van der Waals surface area contributed by atoms with E-state index in [0.29, 0.717) is 18.3 Å². The van der Waals surface area contributed by atoms with Crippen LogP contribution in [0.25, 0.3) is 0 Å². The van der Waals surface area contributed by atoms with E-state index in [1.165, 1.54) is 19.3 Å². The van der Waals surface area contributed by atoms with E-state index in [9.17, 15) is 14.7 Å². The molecule has 5 heteroatoms. The first-order valence-electron chi connectivity index (χ1n) is 8.28. The first-order valence-corrected chi connectivity index (χ1v) is 8.28. The van der Waals surface area contributed by atoms with Gasteiger partial charge in [-0.25, -0.2) is 9.59 Å². The molecule has 2 saturated carbocycles. The van der Waals surface area contributed by atoms with Crippen LogP contribution in [0.5, 0.6) is 0 Å². The van der Waals surface area contributed by atoms with E-state index in [4.69, 9.17) is 0 Å². The van der Waals surface area contributed by atoms with Crippen LogP contribution in [0.1, 0.15) is 51.9 Å². The summed E-state index contributed by atoms with van der Waals surface area (Å²) in [7, 11) is 1.83. The Labute approximate surface area is 126 Å². The van der Waals surface area contributed by atoms with Crippen LogP contribution >= 0.6 is 0 Å². The van der Waals surface area contributed by atoms with Crippen LogP contribution in [-0.4, -0.2) is 52.1 Å². The Bertz CT molecular complexity index is 435. The summed E-state index contributed by atoms with van der Waals surface area (Å²) in [5.41, 5.74) is 0. The van der Waals surface area contributed by atoms with Crippen molar-refractivity contribution in [2.45, 2.75) is 70.0 Å². The lowest BCUT2D eigenvalue weighted by Gasteiger charge is -2.37. The summed E-state index contributed by atoms with van der Waals surface area (Å²) in [4.78, 5) is 27.9. The highest BCUT2D eigenvalue weighted by Gasteiger charge is 2.49. The highest BCUT2D eigenvalue weighted by molar-refractivity contribution is 5.84. The van der Waals surface area contributed by atoms with Gasteiger partial charge in [0, 0.05) is 19.1 Å². The van der Waals surface area contributed by atoms with Crippen LogP contribution in [0, 0.1) is 11.8 Å². The van der Waals surface area contributed by atoms with Gasteiger partial charge in [-0.1, -0.05) is 12.8 Å². The number of likely N-dealkylation sites (tertiary alicyclic amines) is 1. The van der Waals surface area contributed by atoms with Crippen molar-refractivity contribution in [2.24, 2.45) is 11.8 Å². The summed E-state index contributed by atoms with van der Waals surface area (Å²) in [5, 5.41) is 9.51. The summed E-state index contributed by atoms with van der Waals surface area (Å²) in [5.74, 6) is 0.144. The Balaban J connectivity index is 1.78. The number of rotatable bonds is 3. The molecule has 0 aromatic rings. The van der Waals surface area contributed by atoms with Crippen LogP contribution in [0.3, 0.4) is 0 Å². The van der Waals surface area contributed by atoms with Gasteiger partial charge < -0.3 is 14.9 Å². The second kappa shape index (κ2) is 5.50. The fourth-order valence-electron chi connectivity index (χ4n) is 4.21. The molecule has 118 valence electrons. The van der Waals surface area contributed by atoms with Crippen molar-refractivity contribution in [3.63, 3.8) is 0 Å². The molecule has 0 spiro atoms. The zero-order valence-corrected chi connectivity index (χ0v) is 13.0. The summed E-state index contributed by atoms with van der Waals surface area (Å²) >= 11 is 0. The minimum Gasteiger partial charge on any atom is -0.480 e. The van der Waals surface area contributed by atoms with Gasteiger partial charge in [0.05, 0.1) is 0 Å². The average Bonchev–Trinajstić information content (AvgIpc) is 3.24. The van der Waals surface area contributed by atoms with Gasteiger partial charge in [-0.3, -0.25) is 0 Å². The number of carbonyl (C=O) groups excluding carboxylic acids is 1. The monoisotopic (exact) mass is 294 g/mol. The molecule has 4 unspecified atom stereocenters. The number of hydrogen-bond acceptors (Lipinski definition) is 2. The maximum Gasteiger partial charge on any atom is 0.326 e. The van der Waals surface area contributed by atoms with Gasteiger partial charge in [-0.05, 0) is 50.9 Å². The Hall–Kier alpha value is -1.26. The number of amides is 2. The van der Waals surface area contributed by atoms with Crippen molar-refractivity contribution in [3.05, 3.63) is 0 Å². The average molecular weight is 294 g/mol. The number of nitrogens with zero attached hydrogens (tertiary/aromatic N) is 2. The number of urea groups is 1. The molecule has 1 heterocycles. The lowest BCUT2D eigenvalue weighted by Crippen LogP contribution is -2.53. The van der Waals surface area contributed by atoms with Gasteiger partial charge in [0.2, 0.25) is 0 Å². The Morgan fingerprint density at radius 3 is 2.48 bits per heavy atom. The molecule has 3 fully saturated rings. The smallest absolute Gasteiger partial charge is 0.326 e. The molecule has 1 saturated heterocycles. The van der Waals surface area contributed by atoms with Crippen LogP contribution in [0.15, 0.2) is 0 Å². The van der Waals surface area contributed by atoms with Gasteiger partial charge in [0.15, 0.2) is 0 Å². The van der Waals surface area contributed by atoms with Crippen LogP contribution < -0.4 is 0 Å². The molecule has 0 aromatic carbocycles. The first kappa shape index (κ1) is 14.7. The predicted octanol–water partition coefficient (Wildman–Crippen LogP) is 2.55. The molecule has 3 rings (SSSR count). The zero-order valence-electron chi connectivity index (χ0n) is 13.0. The molecule has 2 amide bonds. The molecule has 1 N–H and O–H groups in total. The lowest BCUT2D eigenvalue weighted by molar-refractivity contribution is -0.141. The maximum absolute atomic E-state index is 12.9. The van der Waals surface area contributed by atoms with Crippen LogP contribution in [-0.2, 0) is 4.79 Å². The van der Waals surface area contributed by atoms with Crippen LogP contribution in [0.4, 0.5) is 4.79 Å². The third-order valence-electron chi connectivity index (χ3n) is 5.81. The van der Waals surface area contributed by atoms with Crippen molar-refractivity contribution < 1.29 is 14.7 Å². The molecule has 4 atom stereocenters. The fourth-order valence-corrected chi connectivity index (χ4v) is 4.21. The van der Waals surface area contributed by atoms with E-state index in [-0.39, 0.29) is 18.1 Å². The summed E-state index contributed by atoms with van der Waals surface area (Å²) in [6.45, 7) is 2.08. The Kier molecular flexibility index (Phi) is 3.84. The first-order chi connectivity index (χ1) is 10.0. The minimum absolute atomic E-state index is 0.0730. The third kappa shape index (κ3) is 2.62. The topological polar surface area (TPSA) is 60.9 Å². The lowest BCUT2D eigenvalue weighted by atomic mass is 9.85. The van der Waals surface area contributed by atoms with Crippen molar-refractivity contribution in [2.75, 3.05) is 7.05 Å². The molecular formula is C16H26N2O3. The Morgan fingerprint density at radius 2 is 1.86 bits per heavy atom. The summed E-state index contributed by atoms with van der Waals surface area (Å²) in [6, 6.07) is -0.341. The maximum atomic E-state index is 12.9. The van der Waals surface area contributed by atoms with Crippen molar-refractivity contribution in [1.82, 2.24) is 9.80 Å². The SMILES string of the molecule is CC(C1CC1)N(C)C(=O)N1C(C(=O)O)CC2CCCCC21. The van der Waals surface area contributed by atoms with Gasteiger partial charge in [-0.2, -0.15) is 0 Å². The van der Waals surface area contributed by atoms with Gasteiger partial charge in [0.1, 0.15) is 6.04 Å². The number of fused-ring (bicyclic) bond motifs is 1. The second-order valence-corrected chi connectivity index (χ2v) is 7.08. The van der Waals surface area contributed by atoms with E-state index < -0.39 is 12.0 Å². The largest absolute Gasteiger partial charge is 0.480 e. The molecule has 2 aliphatic carbocycles. The number of carboxylic acids is 1. The van der Waals surface area contributed by atoms with Crippen molar-refractivity contribution in [3.8, 4) is 0 Å². The van der Waals surface area contributed by atoms with Gasteiger partial charge in [-0.15, -0.1) is 0 Å². The third-order valence-corrected chi connectivity index (χ3v) is 5.81. The molecule has 3 aliphatic rings. The highest BCUT2D eigenvalue weighted by atomic mass is 16.4.